The highest BCUT2D eigenvalue weighted by Crippen LogP contribution is 2.36. The van der Waals surface area contributed by atoms with Crippen LogP contribution >= 0.6 is 0 Å². The normalized spacial score (nSPS) is 52.0. The van der Waals surface area contributed by atoms with Gasteiger partial charge in [-0.05, 0) is 0 Å². The number of ether oxygens (including phenoxy) is 5. The Balaban J connectivity index is 1.70. The number of aliphatic hydroxyl groups excluding tert-OH is 10. The molecule has 0 unspecified atom stereocenters. The summed E-state index contributed by atoms with van der Waals surface area (Å²) in [6, 6.07) is 0. The molecule has 0 aliphatic carbocycles. The van der Waals surface area contributed by atoms with Crippen molar-refractivity contribution in [3.05, 3.63) is 0 Å². The number of hydrogen-bond acceptors (Lipinski definition) is 16. The molecule has 0 saturated carbocycles. The maximum absolute atomic E-state index is 11.0. The molecule has 14 atom stereocenters. The number of carbonyl (C=O) groups is 1. The fourth-order valence-electron chi connectivity index (χ4n) is 3.93. The minimum Gasteiger partial charge on any atom is -0.394 e. The molecule has 3 rings (SSSR count). The molecule has 34 heavy (non-hydrogen) atoms. The zero-order valence-corrected chi connectivity index (χ0v) is 17.6. The van der Waals surface area contributed by atoms with Gasteiger partial charge in [-0.2, -0.15) is 0 Å². The second-order valence-corrected chi connectivity index (χ2v) is 8.29. The molecule has 3 fully saturated rings. The van der Waals surface area contributed by atoms with Crippen molar-refractivity contribution in [1.29, 1.82) is 0 Å². The summed E-state index contributed by atoms with van der Waals surface area (Å²) in [6.07, 6.45) is -22.3. The summed E-state index contributed by atoms with van der Waals surface area (Å²) >= 11 is 0. The molecular formula is C18H30O16. The van der Waals surface area contributed by atoms with Gasteiger partial charge in [-0.1, -0.05) is 0 Å². The Kier molecular flexibility index (Phi) is 8.94. The van der Waals surface area contributed by atoms with E-state index in [0.717, 1.165) is 0 Å². The van der Waals surface area contributed by atoms with E-state index in [1.54, 1.807) is 0 Å². The van der Waals surface area contributed by atoms with Crippen LogP contribution in [0.5, 0.6) is 0 Å². The molecule has 0 radical (unpaired) electrons. The SMILES string of the molecule is O=C[C@H]1O[C@H](OC[C@H]2O[C@H](O[C@]3(CO)O[C@H](CO)[C@@H](O)[C@@H]3O)[C@H](O)[C@@H](O)[C@@H]2O)[C@H](O)[C@@H](O)[C@H]1O. The third-order valence-corrected chi connectivity index (χ3v) is 6.06. The summed E-state index contributed by atoms with van der Waals surface area (Å²) in [6.45, 7) is -2.48. The highest BCUT2D eigenvalue weighted by Gasteiger charge is 2.58. The third kappa shape index (κ3) is 4.99. The number of rotatable bonds is 8. The summed E-state index contributed by atoms with van der Waals surface area (Å²) in [5.74, 6) is -2.37. The van der Waals surface area contributed by atoms with E-state index in [0.29, 0.717) is 0 Å². The van der Waals surface area contributed by atoms with Gasteiger partial charge in [0.25, 0.3) is 0 Å². The van der Waals surface area contributed by atoms with E-state index < -0.39 is 105 Å². The molecule has 0 spiro atoms. The van der Waals surface area contributed by atoms with Gasteiger partial charge in [0.2, 0.25) is 5.79 Å². The van der Waals surface area contributed by atoms with Gasteiger partial charge in [0.15, 0.2) is 18.9 Å². The van der Waals surface area contributed by atoms with Crippen LogP contribution in [0.25, 0.3) is 0 Å². The summed E-state index contributed by atoms with van der Waals surface area (Å²) in [5, 5.41) is 99.4. The van der Waals surface area contributed by atoms with E-state index in [9.17, 15) is 55.9 Å². The van der Waals surface area contributed by atoms with E-state index >= 15 is 0 Å². The fraction of sp³-hybridized carbons (Fsp3) is 0.944. The number of hydrogen-bond donors (Lipinski definition) is 10. The number of carbonyl (C=O) groups excluding carboxylic acids is 1. The van der Waals surface area contributed by atoms with Crippen molar-refractivity contribution < 1.29 is 79.5 Å². The van der Waals surface area contributed by atoms with Crippen LogP contribution in [0.3, 0.4) is 0 Å². The van der Waals surface area contributed by atoms with E-state index in [4.69, 9.17) is 23.7 Å². The average molecular weight is 502 g/mol. The first-order chi connectivity index (χ1) is 16.0. The molecule has 16 heteroatoms. The highest BCUT2D eigenvalue weighted by atomic mass is 16.8. The number of aliphatic hydroxyl groups is 10. The van der Waals surface area contributed by atoms with Crippen LogP contribution in [0.15, 0.2) is 0 Å². The van der Waals surface area contributed by atoms with Crippen LogP contribution < -0.4 is 0 Å². The Labute approximate surface area is 192 Å². The molecule has 16 nitrogen and oxygen atoms in total. The monoisotopic (exact) mass is 502 g/mol. The standard InChI is InChI=1S/C18H30O16/c19-1-5-8(22)11(25)13(27)16(31-5)30-3-7-9(23)12(26)14(28)17(32-7)34-18(4-21)15(29)10(24)6(2-20)33-18/h1,5-17,20-29H,2-4H2/t5-,6-,7-,8+,9-,10-,11+,12+,13-,14-,15+,16+,17-,18+/m1/s1. The van der Waals surface area contributed by atoms with Gasteiger partial charge in [-0.25, -0.2) is 0 Å². The molecule has 0 aromatic rings. The molecule has 3 aliphatic heterocycles. The smallest absolute Gasteiger partial charge is 0.224 e. The second kappa shape index (κ2) is 11.0. The van der Waals surface area contributed by atoms with E-state index in [1.807, 2.05) is 0 Å². The Morgan fingerprint density at radius 1 is 0.735 bits per heavy atom. The van der Waals surface area contributed by atoms with E-state index in [2.05, 4.69) is 0 Å². The van der Waals surface area contributed by atoms with E-state index in [-0.39, 0.29) is 6.29 Å². The molecular weight excluding hydrogens is 472 g/mol. The molecule has 0 aromatic heterocycles. The molecule has 198 valence electrons. The van der Waals surface area contributed by atoms with Gasteiger partial charge in [0, 0.05) is 0 Å². The first kappa shape index (κ1) is 27.7. The largest absolute Gasteiger partial charge is 0.394 e. The van der Waals surface area contributed by atoms with E-state index in [1.165, 1.54) is 0 Å². The summed E-state index contributed by atoms with van der Waals surface area (Å²) in [5.41, 5.74) is 0. The van der Waals surface area contributed by atoms with Gasteiger partial charge >= 0.3 is 0 Å². The Morgan fingerprint density at radius 2 is 1.35 bits per heavy atom. The van der Waals surface area contributed by atoms with Gasteiger partial charge < -0.3 is 79.5 Å². The highest BCUT2D eigenvalue weighted by molar-refractivity contribution is 5.57. The molecule has 0 amide bonds. The van der Waals surface area contributed by atoms with Gasteiger partial charge in [-0.15, -0.1) is 0 Å². The van der Waals surface area contributed by atoms with Crippen molar-refractivity contribution >= 4 is 6.29 Å². The molecule has 3 aliphatic rings. The third-order valence-electron chi connectivity index (χ3n) is 6.06. The zero-order chi connectivity index (χ0) is 25.4. The van der Waals surface area contributed by atoms with Crippen LogP contribution in [0.1, 0.15) is 0 Å². The zero-order valence-electron chi connectivity index (χ0n) is 17.6. The first-order valence-electron chi connectivity index (χ1n) is 10.4. The predicted molar refractivity (Wildman–Crippen MR) is 100 cm³/mol. The van der Waals surface area contributed by atoms with Crippen LogP contribution in [0.2, 0.25) is 0 Å². The minimum absolute atomic E-state index is 0.182. The Bertz CT molecular complexity index is 682. The van der Waals surface area contributed by atoms with Crippen molar-refractivity contribution in [2.24, 2.45) is 0 Å². The predicted octanol–water partition coefficient (Wildman–Crippen LogP) is -7.36. The van der Waals surface area contributed by atoms with Crippen LogP contribution in [0.4, 0.5) is 0 Å². The molecule has 0 aromatic carbocycles. The quantitative estimate of drug-likeness (QED) is 0.138. The van der Waals surface area contributed by atoms with Crippen molar-refractivity contribution in [2.75, 3.05) is 19.8 Å². The lowest BCUT2D eigenvalue weighted by Gasteiger charge is -2.44. The van der Waals surface area contributed by atoms with Crippen LogP contribution in [-0.2, 0) is 28.5 Å². The Morgan fingerprint density at radius 3 is 1.91 bits per heavy atom. The summed E-state index contributed by atoms with van der Waals surface area (Å²) in [4.78, 5) is 11.0. The maximum atomic E-state index is 11.0. The topological polar surface area (TPSA) is 266 Å². The molecule has 0 bridgehead atoms. The van der Waals surface area contributed by atoms with Crippen LogP contribution in [0, 0.1) is 0 Å². The first-order valence-corrected chi connectivity index (χ1v) is 10.4. The van der Waals surface area contributed by atoms with Gasteiger partial charge in [0.05, 0.1) is 13.2 Å². The maximum Gasteiger partial charge on any atom is 0.224 e. The molecule has 3 saturated heterocycles. The Hall–Kier alpha value is -0.930. The van der Waals surface area contributed by atoms with Crippen molar-refractivity contribution in [1.82, 2.24) is 0 Å². The average Bonchev–Trinajstić information content (AvgIpc) is 3.08. The summed E-state index contributed by atoms with van der Waals surface area (Å²) < 4.78 is 26.2. The van der Waals surface area contributed by atoms with Crippen molar-refractivity contribution in [3.63, 3.8) is 0 Å². The van der Waals surface area contributed by atoms with Gasteiger partial charge in [0.1, 0.15) is 73.8 Å². The second-order valence-electron chi connectivity index (χ2n) is 8.29. The van der Waals surface area contributed by atoms with Crippen LogP contribution in [-0.4, -0.2) is 163 Å². The minimum atomic E-state index is -2.37. The lowest BCUT2D eigenvalue weighted by molar-refractivity contribution is -0.387. The lowest BCUT2D eigenvalue weighted by Crippen LogP contribution is -2.63. The lowest BCUT2D eigenvalue weighted by atomic mass is 9.98. The number of aldehydes is 1. The van der Waals surface area contributed by atoms with Crippen molar-refractivity contribution in [2.45, 2.75) is 85.5 Å². The molecule has 3 heterocycles. The summed E-state index contributed by atoms with van der Waals surface area (Å²) in [7, 11) is 0. The van der Waals surface area contributed by atoms with Gasteiger partial charge in [-0.3, -0.25) is 0 Å². The van der Waals surface area contributed by atoms with Crippen molar-refractivity contribution in [3.8, 4) is 0 Å². The molecule has 10 N–H and O–H groups in total. The fourth-order valence-corrected chi connectivity index (χ4v) is 3.93.